The zero-order valence-corrected chi connectivity index (χ0v) is 17.5. The Kier molecular flexibility index (Phi) is 4.26. The third kappa shape index (κ3) is 2.96. The quantitative estimate of drug-likeness (QED) is 0.398. The second-order valence-electron chi connectivity index (χ2n) is 7.44. The number of fused-ring (bicyclic) bond motifs is 3. The van der Waals surface area contributed by atoms with Crippen LogP contribution in [0.3, 0.4) is 0 Å². The van der Waals surface area contributed by atoms with Gasteiger partial charge in [0.25, 0.3) is 5.56 Å². The Morgan fingerprint density at radius 1 is 1.00 bits per heavy atom. The Morgan fingerprint density at radius 3 is 2.62 bits per heavy atom. The van der Waals surface area contributed by atoms with Crippen molar-refractivity contribution in [1.29, 1.82) is 0 Å². The number of para-hydroxylation sites is 1. The number of nitrogens with zero attached hydrogens (tertiary/aromatic N) is 5. The number of halogens is 1. The van der Waals surface area contributed by atoms with Crippen LogP contribution >= 0.6 is 11.3 Å². The summed E-state index contributed by atoms with van der Waals surface area (Å²) in [7, 11) is 0. The number of rotatable bonds is 4. The maximum Gasteiger partial charge on any atom is 0.282 e. The summed E-state index contributed by atoms with van der Waals surface area (Å²) in [5.74, 6) is -0.482. The van der Waals surface area contributed by atoms with Crippen molar-refractivity contribution in [2.24, 2.45) is 0 Å². The molecular weight excluding hydrogens is 425 g/mol. The van der Waals surface area contributed by atoms with Crippen molar-refractivity contribution in [2.75, 3.05) is 0 Å². The highest BCUT2D eigenvalue weighted by Crippen LogP contribution is 2.32. The van der Waals surface area contributed by atoms with Gasteiger partial charge in [0.1, 0.15) is 17.2 Å². The van der Waals surface area contributed by atoms with Crippen LogP contribution in [0.15, 0.2) is 89.4 Å². The number of hydrogen-bond acceptors (Lipinski definition) is 4. The average molecular weight is 441 g/mol. The predicted octanol–water partition coefficient (Wildman–Crippen LogP) is 4.73. The molecule has 2 aromatic carbocycles. The molecule has 4 aromatic rings. The van der Waals surface area contributed by atoms with E-state index in [4.69, 9.17) is 0 Å². The fraction of sp³-hybridized carbons (Fsp3) is 0.0417. The Morgan fingerprint density at radius 2 is 1.84 bits per heavy atom. The van der Waals surface area contributed by atoms with Crippen LogP contribution in [0, 0.1) is 5.82 Å². The number of aromatic nitrogens is 5. The topological polar surface area (TPSA) is 57.6 Å². The molecule has 0 amide bonds. The monoisotopic (exact) mass is 441 g/mol. The molecule has 32 heavy (non-hydrogen) atoms. The van der Waals surface area contributed by atoms with Crippen molar-refractivity contribution in [2.45, 2.75) is 6.54 Å². The first-order valence-corrected chi connectivity index (χ1v) is 10.9. The predicted molar refractivity (Wildman–Crippen MR) is 122 cm³/mol. The molecule has 0 aliphatic carbocycles. The van der Waals surface area contributed by atoms with Gasteiger partial charge in [0.2, 0.25) is 0 Å². The largest absolute Gasteiger partial charge is 0.341 e. The van der Waals surface area contributed by atoms with Crippen LogP contribution in [0.25, 0.3) is 32.8 Å². The summed E-state index contributed by atoms with van der Waals surface area (Å²) in [4.78, 5) is 13.1. The molecule has 0 N–H and O–H groups in total. The van der Waals surface area contributed by atoms with Gasteiger partial charge in [-0.1, -0.05) is 24.3 Å². The van der Waals surface area contributed by atoms with Crippen LogP contribution in [0.5, 0.6) is 0 Å². The minimum absolute atomic E-state index is 0.152. The highest BCUT2D eigenvalue weighted by atomic mass is 32.1. The molecule has 8 heteroatoms. The standard InChI is InChI=1S/C24H16FN5OS/c25-19-4-1-2-5-20(19)30-24(31)18-15-28(21-10-13-32-23(21)22(18)27-30)14-16-6-8-17(9-7-16)29-12-3-11-26-29/h1-13,15H,14H2. The first kappa shape index (κ1) is 18.7. The van der Waals surface area contributed by atoms with Crippen LogP contribution < -0.4 is 5.56 Å². The summed E-state index contributed by atoms with van der Waals surface area (Å²) in [6.45, 7) is 0.590. The summed E-state index contributed by atoms with van der Waals surface area (Å²) in [5, 5.41) is 10.7. The second kappa shape index (κ2) is 7.28. The Labute approximate surface area is 185 Å². The Balaban J connectivity index is 1.46. The maximum absolute atomic E-state index is 14.3. The van der Waals surface area contributed by atoms with E-state index in [2.05, 4.69) is 10.2 Å². The van der Waals surface area contributed by atoms with Gasteiger partial charge < -0.3 is 4.57 Å². The van der Waals surface area contributed by atoms with Gasteiger partial charge in [-0.05, 0) is 47.3 Å². The van der Waals surface area contributed by atoms with Crippen LogP contribution in [0.2, 0.25) is 0 Å². The van der Waals surface area contributed by atoms with Gasteiger partial charge in [0.05, 0.1) is 21.5 Å². The molecule has 0 saturated heterocycles. The molecule has 2 aliphatic rings. The molecular formula is C24H16FN5OS. The molecule has 6 nitrogen and oxygen atoms in total. The number of thiophene rings is 1. The maximum atomic E-state index is 14.3. The lowest BCUT2D eigenvalue weighted by Gasteiger charge is -2.12. The van der Waals surface area contributed by atoms with E-state index >= 15 is 0 Å². The number of benzene rings is 2. The van der Waals surface area contributed by atoms with Crippen molar-refractivity contribution in [3.05, 3.63) is 106 Å². The van der Waals surface area contributed by atoms with Crippen LogP contribution in [-0.2, 0) is 6.54 Å². The van der Waals surface area contributed by atoms with E-state index in [9.17, 15) is 9.18 Å². The highest BCUT2D eigenvalue weighted by molar-refractivity contribution is 7.17. The minimum atomic E-state index is -0.482. The fourth-order valence-electron chi connectivity index (χ4n) is 3.92. The summed E-state index contributed by atoms with van der Waals surface area (Å²) in [6.07, 6.45) is 5.46. The van der Waals surface area contributed by atoms with Crippen LogP contribution in [0.1, 0.15) is 5.56 Å². The van der Waals surface area contributed by atoms with Crippen LogP contribution in [-0.4, -0.2) is 24.1 Å². The first-order chi connectivity index (χ1) is 15.7. The molecule has 0 fully saturated rings. The molecule has 0 atom stereocenters. The number of pyridine rings is 1. The molecule has 0 spiro atoms. The van der Waals surface area contributed by atoms with E-state index < -0.39 is 5.82 Å². The van der Waals surface area contributed by atoms with E-state index in [-0.39, 0.29) is 11.2 Å². The van der Waals surface area contributed by atoms with E-state index in [1.165, 1.54) is 17.4 Å². The zero-order chi connectivity index (χ0) is 21.7. The lowest BCUT2D eigenvalue weighted by atomic mass is 10.1. The molecule has 4 heterocycles. The van der Waals surface area contributed by atoms with Gasteiger partial charge in [0.15, 0.2) is 0 Å². The molecule has 6 rings (SSSR count). The van der Waals surface area contributed by atoms with Crippen molar-refractivity contribution >= 4 is 21.6 Å². The first-order valence-electron chi connectivity index (χ1n) is 10.0. The molecule has 0 unspecified atom stereocenters. The molecule has 0 radical (unpaired) electrons. The SMILES string of the molecule is O=c1c2cn(Cc3ccc(-n4cccn4)cc3)c3ccsc3c-2nn1-c1ccccc1F. The van der Waals surface area contributed by atoms with Crippen LogP contribution in [0.4, 0.5) is 4.39 Å². The van der Waals surface area contributed by atoms with Gasteiger partial charge in [0, 0.05) is 25.1 Å². The van der Waals surface area contributed by atoms with Gasteiger partial charge >= 0.3 is 0 Å². The minimum Gasteiger partial charge on any atom is -0.341 e. The van der Waals surface area contributed by atoms with E-state index in [1.807, 2.05) is 58.7 Å². The second-order valence-corrected chi connectivity index (χ2v) is 8.36. The normalized spacial score (nSPS) is 11.5. The molecule has 0 bridgehead atoms. The van der Waals surface area contributed by atoms with Crippen molar-refractivity contribution in [1.82, 2.24) is 24.1 Å². The summed E-state index contributed by atoms with van der Waals surface area (Å²) >= 11 is 1.52. The summed E-state index contributed by atoms with van der Waals surface area (Å²) in [6, 6.07) is 18.2. The van der Waals surface area contributed by atoms with Crippen molar-refractivity contribution in [3.8, 4) is 22.6 Å². The average Bonchev–Trinajstić information content (AvgIpc) is 3.56. The third-order valence-electron chi connectivity index (χ3n) is 5.47. The molecule has 0 saturated carbocycles. The summed E-state index contributed by atoms with van der Waals surface area (Å²) < 4.78 is 20.2. The van der Waals surface area contributed by atoms with Crippen molar-refractivity contribution in [3.63, 3.8) is 0 Å². The molecule has 156 valence electrons. The molecule has 2 aliphatic heterocycles. The van der Waals surface area contributed by atoms with Gasteiger partial charge in [-0.2, -0.15) is 14.9 Å². The van der Waals surface area contributed by atoms with E-state index in [1.54, 1.807) is 29.1 Å². The Bertz CT molecular complexity index is 1580. The van der Waals surface area contributed by atoms with Gasteiger partial charge in [-0.3, -0.25) is 4.79 Å². The zero-order valence-electron chi connectivity index (χ0n) is 16.7. The lowest BCUT2D eigenvalue weighted by molar-refractivity contribution is 0.609. The number of hydrogen-bond donors (Lipinski definition) is 0. The fourth-order valence-corrected chi connectivity index (χ4v) is 4.82. The highest BCUT2D eigenvalue weighted by Gasteiger charge is 2.22. The smallest absolute Gasteiger partial charge is 0.282 e. The lowest BCUT2D eigenvalue weighted by Crippen LogP contribution is -2.16. The van der Waals surface area contributed by atoms with Gasteiger partial charge in [-0.15, -0.1) is 11.3 Å². The third-order valence-corrected chi connectivity index (χ3v) is 6.38. The Hall–Kier alpha value is -4.04. The molecule has 2 aromatic heterocycles. The van der Waals surface area contributed by atoms with Crippen molar-refractivity contribution < 1.29 is 4.39 Å². The summed E-state index contributed by atoms with van der Waals surface area (Å²) in [5.41, 5.74) is 3.93. The van der Waals surface area contributed by atoms with Gasteiger partial charge in [-0.25, -0.2) is 9.07 Å². The van der Waals surface area contributed by atoms with E-state index in [0.717, 1.165) is 26.1 Å². The van der Waals surface area contributed by atoms with E-state index in [0.29, 0.717) is 17.8 Å².